The quantitative estimate of drug-likeness (QED) is 0.470. The van der Waals surface area contributed by atoms with Crippen molar-refractivity contribution in [3.8, 4) is 5.75 Å². The van der Waals surface area contributed by atoms with Crippen molar-refractivity contribution in [2.45, 2.75) is 58.5 Å². The van der Waals surface area contributed by atoms with Crippen LogP contribution in [0.1, 0.15) is 56.0 Å². The molecule has 2 aliphatic rings. The van der Waals surface area contributed by atoms with E-state index in [-0.39, 0.29) is 11.9 Å². The lowest BCUT2D eigenvalue weighted by molar-refractivity contribution is 0.0661. The van der Waals surface area contributed by atoms with Crippen LogP contribution in [-0.4, -0.2) is 69.4 Å². The highest BCUT2D eigenvalue weighted by atomic mass is 16.5. The van der Waals surface area contributed by atoms with Gasteiger partial charge in [0.25, 0.3) is 5.91 Å². The number of amides is 1. The molecule has 1 aliphatic carbocycles. The maximum atomic E-state index is 13.5. The Hall–Kier alpha value is -1.63. The first-order chi connectivity index (χ1) is 15.0. The molecule has 6 heteroatoms. The fourth-order valence-electron chi connectivity index (χ4n) is 4.29. The molecule has 0 bridgehead atoms. The van der Waals surface area contributed by atoms with Crippen LogP contribution in [0.5, 0.6) is 5.75 Å². The molecule has 31 heavy (non-hydrogen) atoms. The number of nitrogens with one attached hydrogen (secondary N) is 2. The van der Waals surface area contributed by atoms with Crippen molar-refractivity contribution in [3.63, 3.8) is 0 Å². The number of carbonyl (C=O) groups excluding carboxylic acids is 1. The Morgan fingerprint density at radius 2 is 2.00 bits per heavy atom. The third kappa shape index (κ3) is 6.93. The van der Waals surface area contributed by atoms with Crippen molar-refractivity contribution in [2.75, 3.05) is 46.5 Å². The number of hydrogen-bond acceptors (Lipinski definition) is 5. The monoisotopic (exact) mass is 431 g/mol. The van der Waals surface area contributed by atoms with Crippen molar-refractivity contribution in [3.05, 3.63) is 29.3 Å². The van der Waals surface area contributed by atoms with Crippen molar-refractivity contribution in [1.29, 1.82) is 0 Å². The summed E-state index contributed by atoms with van der Waals surface area (Å²) in [6, 6.07) is 6.81. The Bertz CT molecular complexity index is 705. The molecule has 3 rings (SSSR count). The molecule has 2 atom stereocenters. The molecule has 0 aromatic heterocycles. The summed E-state index contributed by atoms with van der Waals surface area (Å²) in [7, 11) is 1.70. The Morgan fingerprint density at radius 3 is 2.68 bits per heavy atom. The Labute approximate surface area is 188 Å². The zero-order valence-electron chi connectivity index (χ0n) is 19.8. The molecule has 0 unspecified atom stereocenters. The molecule has 1 heterocycles. The average Bonchev–Trinajstić information content (AvgIpc) is 3.50. The van der Waals surface area contributed by atoms with E-state index < -0.39 is 0 Å². The number of carbonyl (C=O) groups is 1. The number of methoxy groups -OCH3 is 1. The van der Waals surface area contributed by atoms with Crippen molar-refractivity contribution in [1.82, 2.24) is 15.5 Å². The molecule has 174 valence electrons. The van der Waals surface area contributed by atoms with Crippen LogP contribution >= 0.6 is 0 Å². The Morgan fingerprint density at radius 1 is 1.23 bits per heavy atom. The first kappa shape index (κ1) is 24.0. The topological polar surface area (TPSA) is 62.8 Å². The van der Waals surface area contributed by atoms with Gasteiger partial charge in [-0.05, 0) is 75.7 Å². The molecular formula is C25H41N3O3. The van der Waals surface area contributed by atoms with Crippen LogP contribution in [0.4, 0.5) is 0 Å². The molecule has 2 N–H and O–H groups in total. The average molecular weight is 432 g/mol. The van der Waals surface area contributed by atoms with Crippen molar-refractivity contribution < 1.29 is 14.3 Å². The molecule has 0 radical (unpaired) electrons. The van der Waals surface area contributed by atoms with Crippen LogP contribution in [0.15, 0.2) is 18.2 Å². The second kappa shape index (κ2) is 11.8. The maximum absolute atomic E-state index is 13.5. The summed E-state index contributed by atoms with van der Waals surface area (Å²) in [5, 5.41) is 7.21. The summed E-state index contributed by atoms with van der Waals surface area (Å²) in [4.78, 5) is 15.5. The van der Waals surface area contributed by atoms with Crippen LogP contribution < -0.4 is 15.4 Å². The van der Waals surface area contributed by atoms with Crippen LogP contribution in [0.2, 0.25) is 0 Å². The minimum atomic E-state index is 0.0974. The zero-order chi connectivity index (χ0) is 22.2. The first-order valence-electron chi connectivity index (χ1n) is 12.0. The molecular weight excluding hydrogens is 390 g/mol. The number of nitrogens with zero attached hydrogens (tertiary/aromatic N) is 1. The molecule has 1 amide bonds. The molecule has 1 saturated heterocycles. The van der Waals surface area contributed by atoms with Crippen molar-refractivity contribution in [2.24, 2.45) is 11.8 Å². The van der Waals surface area contributed by atoms with Crippen LogP contribution in [0, 0.1) is 11.8 Å². The van der Waals surface area contributed by atoms with Gasteiger partial charge in [-0.2, -0.15) is 0 Å². The summed E-state index contributed by atoms with van der Waals surface area (Å²) in [6.07, 6.45) is 4.34. The van der Waals surface area contributed by atoms with Gasteiger partial charge in [-0.3, -0.25) is 4.79 Å². The predicted octanol–water partition coefficient (Wildman–Crippen LogP) is 3.10. The first-order valence-corrected chi connectivity index (χ1v) is 12.0. The fourth-order valence-corrected chi connectivity index (χ4v) is 4.29. The highest BCUT2D eigenvalue weighted by Crippen LogP contribution is 2.26. The fraction of sp³-hybridized carbons (Fsp3) is 0.720. The third-order valence-corrected chi connectivity index (χ3v) is 6.49. The van der Waals surface area contributed by atoms with E-state index in [2.05, 4.69) is 31.4 Å². The van der Waals surface area contributed by atoms with Gasteiger partial charge in [0, 0.05) is 50.9 Å². The number of ether oxygens (including phenoxy) is 2. The third-order valence-electron chi connectivity index (χ3n) is 6.49. The van der Waals surface area contributed by atoms with E-state index in [0.29, 0.717) is 30.6 Å². The summed E-state index contributed by atoms with van der Waals surface area (Å²) in [5.41, 5.74) is 1.85. The van der Waals surface area contributed by atoms with Crippen molar-refractivity contribution >= 4 is 5.91 Å². The van der Waals surface area contributed by atoms with Gasteiger partial charge in [-0.25, -0.2) is 0 Å². The Kier molecular flexibility index (Phi) is 9.17. The van der Waals surface area contributed by atoms with Gasteiger partial charge in [0.1, 0.15) is 5.75 Å². The number of hydrogen-bond donors (Lipinski definition) is 2. The van der Waals surface area contributed by atoms with E-state index in [1.165, 1.54) is 12.8 Å². The summed E-state index contributed by atoms with van der Waals surface area (Å²) in [6.45, 7) is 11.5. The smallest absolute Gasteiger partial charge is 0.254 e. The molecule has 1 aliphatic heterocycles. The molecule has 0 spiro atoms. The Balaban J connectivity index is 1.66. The van der Waals surface area contributed by atoms with Gasteiger partial charge in [-0.1, -0.05) is 13.0 Å². The second-order valence-electron chi connectivity index (χ2n) is 9.28. The highest BCUT2D eigenvalue weighted by Gasteiger charge is 2.33. The summed E-state index contributed by atoms with van der Waals surface area (Å²) in [5.74, 6) is 1.98. The van der Waals surface area contributed by atoms with E-state index in [9.17, 15) is 4.79 Å². The largest absolute Gasteiger partial charge is 0.493 e. The molecule has 1 saturated carbocycles. The van der Waals surface area contributed by atoms with Gasteiger partial charge >= 0.3 is 0 Å². The lowest BCUT2D eigenvalue weighted by Gasteiger charge is -2.32. The van der Waals surface area contributed by atoms with E-state index in [1.54, 1.807) is 7.11 Å². The lowest BCUT2D eigenvalue weighted by atomic mass is 9.94. The van der Waals surface area contributed by atoms with Gasteiger partial charge in [-0.15, -0.1) is 0 Å². The minimum Gasteiger partial charge on any atom is -0.493 e. The number of benzene rings is 1. The number of aryl methyl sites for hydroxylation is 1. The minimum absolute atomic E-state index is 0.0974. The normalized spacial score (nSPS) is 20.9. The maximum Gasteiger partial charge on any atom is 0.254 e. The molecule has 2 fully saturated rings. The van der Waals surface area contributed by atoms with Gasteiger partial charge < -0.3 is 25.0 Å². The van der Waals surface area contributed by atoms with E-state index >= 15 is 0 Å². The summed E-state index contributed by atoms with van der Waals surface area (Å²) >= 11 is 0. The van der Waals surface area contributed by atoms with Gasteiger partial charge in [0.2, 0.25) is 0 Å². The highest BCUT2D eigenvalue weighted by molar-refractivity contribution is 5.95. The zero-order valence-corrected chi connectivity index (χ0v) is 19.8. The standard InChI is InChI=1S/C25H41N3O3/c1-5-19-7-8-20(13-24(19)31-12-6-11-30-4)25(29)28(18(2)3)17-22-15-26-14-21(22)16-27-23-9-10-23/h7-8,13,18,21-23,26-27H,5-6,9-12,14-17H2,1-4H3/t21-,22+/m1/s1. The SMILES string of the molecule is CCc1ccc(C(=O)N(C[C@@H]2CNC[C@@H]2CNC2CC2)C(C)C)cc1OCCCOC. The molecule has 1 aromatic carbocycles. The second-order valence-corrected chi connectivity index (χ2v) is 9.28. The molecule has 1 aromatic rings. The predicted molar refractivity (Wildman–Crippen MR) is 125 cm³/mol. The van der Waals surface area contributed by atoms with E-state index in [1.807, 2.05) is 23.1 Å². The van der Waals surface area contributed by atoms with E-state index in [4.69, 9.17) is 9.47 Å². The lowest BCUT2D eigenvalue weighted by Crippen LogP contribution is -2.43. The summed E-state index contributed by atoms with van der Waals surface area (Å²) < 4.78 is 11.1. The van der Waals surface area contributed by atoms with Gasteiger partial charge in [0.15, 0.2) is 0 Å². The number of rotatable bonds is 13. The van der Waals surface area contributed by atoms with E-state index in [0.717, 1.165) is 56.4 Å². The van der Waals surface area contributed by atoms with Gasteiger partial charge in [0.05, 0.1) is 6.61 Å². The van der Waals surface area contributed by atoms with Crippen LogP contribution in [0.25, 0.3) is 0 Å². The van der Waals surface area contributed by atoms with Crippen LogP contribution in [0.3, 0.4) is 0 Å². The molecule has 6 nitrogen and oxygen atoms in total. The van der Waals surface area contributed by atoms with Crippen LogP contribution in [-0.2, 0) is 11.2 Å².